The Balaban J connectivity index is 1.96. The van der Waals surface area contributed by atoms with E-state index >= 15 is 0 Å². The molecule has 1 fully saturated rings. The summed E-state index contributed by atoms with van der Waals surface area (Å²) >= 11 is 0. The van der Waals surface area contributed by atoms with Crippen molar-refractivity contribution in [2.24, 2.45) is 5.92 Å². The first-order valence-corrected chi connectivity index (χ1v) is 5.88. The molecule has 1 aliphatic rings. The summed E-state index contributed by atoms with van der Waals surface area (Å²) in [6.07, 6.45) is 7.21. The van der Waals surface area contributed by atoms with E-state index in [1.807, 2.05) is 6.20 Å². The first-order chi connectivity index (χ1) is 7.29. The summed E-state index contributed by atoms with van der Waals surface area (Å²) in [6, 6.07) is 4.92. The Labute approximate surface area is 92.1 Å². The molecule has 2 rings (SSSR count). The van der Waals surface area contributed by atoms with Gasteiger partial charge in [0.05, 0.1) is 0 Å². The number of pyridine rings is 1. The number of hydrogen-bond acceptors (Lipinski definition) is 2. The van der Waals surface area contributed by atoms with Gasteiger partial charge < -0.3 is 5.32 Å². The monoisotopic (exact) mass is 204 g/mol. The Hall–Kier alpha value is -0.890. The van der Waals surface area contributed by atoms with Gasteiger partial charge in [-0.1, -0.05) is 12.5 Å². The Kier molecular flexibility index (Phi) is 3.37. The van der Waals surface area contributed by atoms with Crippen molar-refractivity contribution in [3.05, 3.63) is 29.6 Å². The van der Waals surface area contributed by atoms with Crippen LogP contribution in [0.5, 0.6) is 0 Å². The van der Waals surface area contributed by atoms with Crippen LogP contribution in [0.4, 0.5) is 0 Å². The van der Waals surface area contributed by atoms with E-state index in [2.05, 4.69) is 36.4 Å². The van der Waals surface area contributed by atoms with Crippen molar-refractivity contribution >= 4 is 0 Å². The van der Waals surface area contributed by atoms with Crippen LogP contribution < -0.4 is 5.32 Å². The van der Waals surface area contributed by atoms with E-state index in [1.165, 1.54) is 30.5 Å². The maximum Gasteiger partial charge on any atom is 0.0419 e. The largest absolute Gasteiger partial charge is 0.316 e. The van der Waals surface area contributed by atoms with Crippen molar-refractivity contribution in [1.29, 1.82) is 0 Å². The fraction of sp³-hybridized carbons (Fsp3) is 0.615. The predicted molar refractivity (Wildman–Crippen MR) is 62.9 cm³/mol. The molecule has 1 N–H and O–H groups in total. The van der Waals surface area contributed by atoms with Crippen LogP contribution in [0, 0.1) is 12.8 Å². The molecule has 1 atom stereocenters. The van der Waals surface area contributed by atoms with E-state index < -0.39 is 0 Å². The standard InChI is InChI=1S/C13H20N2/c1-10-6-7-12(15-9-10)8-13(14-2)11-4-3-5-11/h6-7,9,11,13-14H,3-5,8H2,1-2H3. The van der Waals surface area contributed by atoms with Crippen LogP contribution in [-0.2, 0) is 6.42 Å². The lowest BCUT2D eigenvalue weighted by Crippen LogP contribution is -2.39. The Bertz CT molecular complexity index is 301. The van der Waals surface area contributed by atoms with Gasteiger partial charge in [0.2, 0.25) is 0 Å². The quantitative estimate of drug-likeness (QED) is 0.814. The van der Waals surface area contributed by atoms with Gasteiger partial charge in [0.15, 0.2) is 0 Å². The topological polar surface area (TPSA) is 24.9 Å². The molecule has 2 heteroatoms. The third kappa shape index (κ3) is 2.57. The molecule has 0 amide bonds. The van der Waals surface area contributed by atoms with Gasteiger partial charge >= 0.3 is 0 Å². The zero-order valence-corrected chi connectivity index (χ0v) is 9.66. The van der Waals surface area contributed by atoms with Crippen molar-refractivity contribution in [3.63, 3.8) is 0 Å². The third-order valence-electron chi connectivity index (χ3n) is 3.49. The second kappa shape index (κ2) is 4.75. The molecule has 1 heterocycles. The van der Waals surface area contributed by atoms with E-state index in [9.17, 15) is 0 Å². The lowest BCUT2D eigenvalue weighted by atomic mass is 9.78. The van der Waals surface area contributed by atoms with Gasteiger partial charge in [0.1, 0.15) is 0 Å². The fourth-order valence-corrected chi connectivity index (χ4v) is 2.19. The van der Waals surface area contributed by atoms with Crippen molar-refractivity contribution in [3.8, 4) is 0 Å². The maximum atomic E-state index is 4.47. The van der Waals surface area contributed by atoms with Gasteiger partial charge in [-0.15, -0.1) is 0 Å². The first-order valence-electron chi connectivity index (χ1n) is 5.88. The second-order valence-corrected chi connectivity index (χ2v) is 4.62. The number of nitrogens with one attached hydrogen (secondary N) is 1. The molecule has 0 saturated heterocycles. The van der Waals surface area contributed by atoms with Crippen LogP contribution in [0.25, 0.3) is 0 Å². The van der Waals surface area contributed by atoms with Crippen LogP contribution in [0.3, 0.4) is 0 Å². The minimum Gasteiger partial charge on any atom is -0.316 e. The van der Waals surface area contributed by atoms with Crippen LogP contribution in [-0.4, -0.2) is 18.1 Å². The van der Waals surface area contributed by atoms with Crippen LogP contribution in [0.2, 0.25) is 0 Å². The smallest absolute Gasteiger partial charge is 0.0419 e. The van der Waals surface area contributed by atoms with Crippen molar-refractivity contribution in [1.82, 2.24) is 10.3 Å². The second-order valence-electron chi connectivity index (χ2n) is 4.62. The normalized spacial score (nSPS) is 18.5. The zero-order valence-electron chi connectivity index (χ0n) is 9.66. The van der Waals surface area contributed by atoms with Gasteiger partial charge in [-0.3, -0.25) is 4.98 Å². The molecule has 0 radical (unpaired) electrons. The molecule has 0 aliphatic heterocycles. The van der Waals surface area contributed by atoms with Crippen LogP contribution >= 0.6 is 0 Å². The van der Waals surface area contributed by atoms with Gasteiger partial charge in [-0.2, -0.15) is 0 Å². The number of aryl methyl sites for hydroxylation is 1. The SMILES string of the molecule is CNC(Cc1ccc(C)cn1)C1CCC1. The molecule has 1 aliphatic carbocycles. The highest BCUT2D eigenvalue weighted by molar-refractivity contribution is 5.13. The lowest BCUT2D eigenvalue weighted by molar-refractivity contribution is 0.235. The number of rotatable bonds is 4. The predicted octanol–water partition coefficient (Wildman–Crippen LogP) is 2.32. The van der Waals surface area contributed by atoms with Crippen molar-refractivity contribution < 1.29 is 0 Å². The average Bonchev–Trinajstić information content (AvgIpc) is 2.17. The third-order valence-corrected chi connectivity index (χ3v) is 3.49. The zero-order chi connectivity index (χ0) is 10.7. The van der Waals surface area contributed by atoms with E-state index in [0.29, 0.717) is 6.04 Å². The molecule has 1 unspecified atom stereocenters. The van der Waals surface area contributed by atoms with Crippen molar-refractivity contribution in [2.45, 2.75) is 38.6 Å². The Morgan fingerprint density at radius 2 is 2.27 bits per heavy atom. The van der Waals surface area contributed by atoms with Gasteiger partial charge in [-0.25, -0.2) is 0 Å². The number of hydrogen-bond donors (Lipinski definition) is 1. The highest BCUT2D eigenvalue weighted by atomic mass is 14.9. The van der Waals surface area contributed by atoms with Gasteiger partial charge in [-0.05, 0) is 44.4 Å². The lowest BCUT2D eigenvalue weighted by Gasteiger charge is -2.33. The minimum atomic E-state index is 0.619. The summed E-state index contributed by atoms with van der Waals surface area (Å²) in [5, 5.41) is 3.43. The fourth-order valence-electron chi connectivity index (χ4n) is 2.19. The van der Waals surface area contributed by atoms with E-state index in [4.69, 9.17) is 0 Å². The van der Waals surface area contributed by atoms with Crippen LogP contribution in [0.1, 0.15) is 30.5 Å². The van der Waals surface area contributed by atoms with Gasteiger partial charge in [0, 0.05) is 24.4 Å². The minimum absolute atomic E-state index is 0.619. The van der Waals surface area contributed by atoms with Gasteiger partial charge in [0.25, 0.3) is 0 Å². The molecule has 2 nitrogen and oxygen atoms in total. The molecule has 0 aromatic carbocycles. The van der Waals surface area contributed by atoms with Crippen LogP contribution in [0.15, 0.2) is 18.3 Å². The summed E-state index contributed by atoms with van der Waals surface area (Å²) in [4.78, 5) is 4.47. The highest BCUT2D eigenvalue weighted by Gasteiger charge is 2.26. The average molecular weight is 204 g/mol. The molecule has 82 valence electrons. The Morgan fingerprint density at radius 3 is 2.73 bits per heavy atom. The molecule has 15 heavy (non-hydrogen) atoms. The van der Waals surface area contributed by atoms with E-state index in [1.54, 1.807) is 0 Å². The number of likely N-dealkylation sites (N-methyl/N-ethyl adjacent to an activating group) is 1. The van der Waals surface area contributed by atoms with E-state index in [-0.39, 0.29) is 0 Å². The first kappa shape index (κ1) is 10.6. The summed E-state index contributed by atoms with van der Waals surface area (Å²) in [5.74, 6) is 0.873. The maximum absolute atomic E-state index is 4.47. The molecule has 1 saturated carbocycles. The Morgan fingerprint density at radius 1 is 1.47 bits per heavy atom. The summed E-state index contributed by atoms with van der Waals surface area (Å²) in [5.41, 5.74) is 2.45. The number of nitrogens with zero attached hydrogens (tertiary/aromatic N) is 1. The molecule has 0 bridgehead atoms. The molecule has 1 aromatic heterocycles. The molecular formula is C13H20N2. The summed E-state index contributed by atoms with van der Waals surface area (Å²) in [7, 11) is 2.07. The molecule has 1 aromatic rings. The summed E-state index contributed by atoms with van der Waals surface area (Å²) < 4.78 is 0. The molecular weight excluding hydrogens is 184 g/mol. The van der Waals surface area contributed by atoms with Crippen molar-refractivity contribution in [2.75, 3.05) is 7.05 Å². The molecule has 0 spiro atoms. The number of aromatic nitrogens is 1. The van der Waals surface area contributed by atoms with E-state index in [0.717, 1.165) is 12.3 Å². The summed E-state index contributed by atoms with van der Waals surface area (Å²) in [6.45, 7) is 2.08. The highest BCUT2D eigenvalue weighted by Crippen LogP contribution is 2.30.